The maximum atomic E-state index is 13.7. The number of fused-ring (bicyclic) bond motifs is 4. The fourth-order valence-electron chi connectivity index (χ4n) is 7.34. The summed E-state index contributed by atoms with van der Waals surface area (Å²) in [5.74, 6) is 2.65. The number of hydrogen-bond acceptors (Lipinski definition) is 4. The number of imidazole rings is 1. The van der Waals surface area contributed by atoms with E-state index in [9.17, 15) is 4.79 Å². The van der Waals surface area contributed by atoms with Gasteiger partial charge in [-0.25, -0.2) is 4.98 Å². The summed E-state index contributed by atoms with van der Waals surface area (Å²) in [5.41, 5.74) is 13.3. The normalized spacial score (nSPS) is 21.6. The highest BCUT2D eigenvalue weighted by Crippen LogP contribution is 2.40. The monoisotopic (exact) mass is 571 g/mol. The summed E-state index contributed by atoms with van der Waals surface area (Å²) in [6.45, 7) is 1.70. The minimum atomic E-state index is 0.0222. The van der Waals surface area contributed by atoms with Crippen LogP contribution in [0.3, 0.4) is 0 Å². The van der Waals surface area contributed by atoms with Crippen LogP contribution in [0.2, 0.25) is 0 Å². The Bertz CT molecular complexity index is 1900. The van der Waals surface area contributed by atoms with Crippen LogP contribution in [0.5, 0.6) is 5.75 Å². The molecule has 8 rings (SSSR count). The van der Waals surface area contributed by atoms with Gasteiger partial charge >= 0.3 is 0 Å². The third kappa shape index (κ3) is 4.45. The Morgan fingerprint density at radius 1 is 1.00 bits per heavy atom. The van der Waals surface area contributed by atoms with Crippen LogP contribution in [0.1, 0.15) is 47.2 Å². The number of likely N-dealkylation sites (tertiary alicyclic amines) is 1. The molecule has 2 saturated carbocycles. The number of hydrogen-bond donors (Lipinski definition) is 1. The van der Waals surface area contributed by atoms with Gasteiger partial charge in [-0.1, -0.05) is 54.6 Å². The Morgan fingerprint density at radius 3 is 2.53 bits per heavy atom. The van der Waals surface area contributed by atoms with Crippen molar-refractivity contribution in [3.05, 3.63) is 83.4 Å². The number of rotatable bonds is 7. The molecule has 3 atom stereocenters. The molecule has 2 aromatic heterocycles. The molecular formula is C36H37N5O2. The van der Waals surface area contributed by atoms with Crippen molar-refractivity contribution in [2.24, 2.45) is 24.6 Å². The number of carbonyl (C=O) groups is 1. The lowest BCUT2D eigenvalue weighted by atomic mass is 10.1. The number of piperidine rings is 1. The van der Waals surface area contributed by atoms with Gasteiger partial charge in [0, 0.05) is 48.7 Å². The lowest BCUT2D eigenvalue weighted by molar-refractivity contribution is 0.0700. The van der Waals surface area contributed by atoms with Crippen LogP contribution in [-0.4, -0.2) is 50.7 Å². The van der Waals surface area contributed by atoms with Crippen molar-refractivity contribution >= 4 is 40.0 Å². The molecule has 3 heterocycles. The van der Waals surface area contributed by atoms with E-state index in [1.54, 1.807) is 7.11 Å². The average molecular weight is 572 g/mol. The van der Waals surface area contributed by atoms with Crippen molar-refractivity contribution in [1.29, 1.82) is 0 Å². The van der Waals surface area contributed by atoms with Crippen LogP contribution >= 0.6 is 0 Å². The molecule has 5 aromatic rings. The zero-order valence-electron chi connectivity index (χ0n) is 24.7. The average Bonchev–Trinajstić information content (AvgIpc) is 3.44. The van der Waals surface area contributed by atoms with Crippen molar-refractivity contribution in [3.63, 3.8) is 0 Å². The number of nitrogens with two attached hydrogens (primary N) is 1. The molecule has 7 heteroatoms. The van der Waals surface area contributed by atoms with E-state index in [1.165, 1.54) is 34.9 Å². The van der Waals surface area contributed by atoms with E-state index in [-0.39, 0.29) is 18.0 Å². The van der Waals surface area contributed by atoms with Crippen molar-refractivity contribution in [1.82, 2.24) is 19.0 Å². The summed E-state index contributed by atoms with van der Waals surface area (Å²) < 4.78 is 10.4. The van der Waals surface area contributed by atoms with E-state index >= 15 is 0 Å². The Balaban J connectivity index is 1.21. The van der Waals surface area contributed by atoms with E-state index in [1.807, 2.05) is 30.1 Å². The third-order valence-corrected chi connectivity index (χ3v) is 9.88. The Kier molecular flexibility index (Phi) is 6.19. The molecular weight excluding hydrogens is 534 g/mol. The first-order chi connectivity index (χ1) is 21.0. The van der Waals surface area contributed by atoms with Crippen LogP contribution in [0.25, 0.3) is 45.6 Å². The molecule has 2 aliphatic carbocycles. The Labute approximate surface area is 251 Å². The lowest BCUT2D eigenvalue weighted by Crippen LogP contribution is -2.41. The summed E-state index contributed by atoms with van der Waals surface area (Å²) in [7, 11) is 3.71. The number of benzene rings is 3. The maximum absolute atomic E-state index is 13.7. The zero-order chi connectivity index (χ0) is 29.2. The molecule has 3 aliphatic rings. The van der Waals surface area contributed by atoms with Crippen molar-refractivity contribution in [3.8, 4) is 17.3 Å². The van der Waals surface area contributed by atoms with Gasteiger partial charge in [0.15, 0.2) is 5.82 Å². The molecule has 1 amide bonds. The molecule has 1 saturated heterocycles. The molecule has 3 aromatic carbocycles. The van der Waals surface area contributed by atoms with Crippen molar-refractivity contribution in [2.75, 3.05) is 13.7 Å². The number of ether oxygens (including phenoxy) is 1. The number of aryl methyl sites for hydroxylation is 1. The summed E-state index contributed by atoms with van der Waals surface area (Å²) in [6, 6.07) is 23.3. The first-order valence-corrected chi connectivity index (χ1v) is 15.5. The van der Waals surface area contributed by atoms with Crippen LogP contribution < -0.4 is 10.5 Å². The minimum Gasteiger partial charge on any atom is -0.494 e. The molecule has 0 unspecified atom stereocenters. The largest absolute Gasteiger partial charge is 0.494 e. The molecule has 0 radical (unpaired) electrons. The molecule has 2 bridgehead atoms. The summed E-state index contributed by atoms with van der Waals surface area (Å²) in [6.07, 6.45) is 8.96. The van der Waals surface area contributed by atoms with Gasteiger partial charge in [-0.05, 0) is 72.9 Å². The van der Waals surface area contributed by atoms with Crippen LogP contribution in [-0.2, 0) is 13.6 Å². The topological polar surface area (TPSA) is 78.3 Å². The second-order valence-corrected chi connectivity index (χ2v) is 12.6. The van der Waals surface area contributed by atoms with E-state index in [0.29, 0.717) is 23.1 Å². The Morgan fingerprint density at radius 2 is 1.81 bits per heavy atom. The smallest absolute Gasteiger partial charge is 0.254 e. The van der Waals surface area contributed by atoms with Gasteiger partial charge in [0.25, 0.3) is 5.91 Å². The van der Waals surface area contributed by atoms with E-state index in [4.69, 9.17) is 15.5 Å². The van der Waals surface area contributed by atoms with Gasteiger partial charge in [-0.2, -0.15) is 0 Å². The quantitative estimate of drug-likeness (QED) is 0.231. The number of nitrogens with zero attached hydrogens (tertiary/aromatic N) is 4. The second kappa shape index (κ2) is 10.1. The molecule has 218 valence electrons. The number of carbonyl (C=O) groups excluding carboxylic acids is 1. The number of amides is 1. The zero-order valence-corrected chi connectivity index (χ0v) is 24.7. The SMILES string of the molecule is COc1cc(C(=O)N2C[C@H]3CC[C@@H]2[C@H]3N)cc2nc(-c3cc4ccc(/C=C/c5ccccc5)cc4n3CC3CC3)n(C)c12. The fourth-order valence-corrected chi connectivity index (χ4v) is 7.34. The fraction of sp³-hybridized carbons (Fsp3) is 0.333. The van der Waals surface area contributed by atoms with E-state index in [2.05, 4.69) is 69.8 Å². The molecule has 7 nitrogen and oxygen atoms in total. The predicted octanol–water partition coefficient (Wildman–Crippen LogP) is 6.35. The van der Waals surface area contributed by atoms with Crippen LogP contribution in [0.15, 0.2) is 66.7 Å². The molecule has 2 N–H and O–H groups in total. The highest BCUT2D eigenvalue weighted by atomic mass is 16.5. The Hall–Kier alpha value is -4.36. The van der Waals surface area contributed by atoms with Crippen molar-refractivity contribution < 1.29 is 9.53 Å². The van der Waals surface area contributed by atoms with Gasteiger partial charge in [-0.3, -0.25) is 4.79 Å². The molecule has 1 aliphatic heterocycles. The van der Waals surface area contributed by atoms with E-state index < -0.39 is 0 Å². The first-order valence-electron chi connectivity index (χ1n) is 15.5. The minimum absolute atomic E-state index is 0.0222. The maximum Gasteiger partial charge on any atom is 0.254 e. The van der Waals surface area contributed by atoms with Gasteiger partial charge < -0.3 is 24.5 Å². The van der Waals surface area contributed by atoms with Crippen LogP contribution in [0, 0.1) is 11.8 Å². The number of aromatic nitrogens is 3. The van der Waals surface area contributed by atoms with Gasteiger partial charge in [-0.15, -0.1) is 0 Å². The highest BCUT2D eigenvalue weighted by molar-refractivity contribution is 6.00. The second-order valence-electron chi connectivity index (χ2n) is 12.6. The number of methoxy groups -OCH3 is 1. The molecule has 3 fully saturated rings. The molecule has 0 spiro atoms. The molecule has 43 heavy (non-hydrogen) atoms. The van der Waals surface area contributed by atoms with Crippen molar-refractivity contribution in [2.45, 2.75) is 44.3 Å². The summed E-state index contributed by atoms with van der Waals surface area (Å²) >= 11 is 0. The summed E-state index contributed by atoms with van der Waals surface area (Å²) in [5, 5.41) is 1.20. The van der Waals surface area contributed by atoms with Gasteiger partial charge in [0.2, 0.25) is 0 Å². The third-order valence-electron chi connectivity index (χ3n) is 9.88. The highest BCUT2D eigenvalue weighted by Gasteiger charge is 2.47. The first kappa shape index (κ1) is 26.3. The lowest BCUT2D eigenvalue weighted by Gasteiger charge is -2.27. The van der Waals surface area contributed by atoms with Gasteiger partial charge in [0.1, 0.15) is 11.3 Å². The standard InChI is InChI=1S/C36H37N5O2/c1-39-34-28(17-27(19-32(34)43-2)36(42)41-21-26-14-15-29(41)33(26)37)38-35(39)31-18-25-13-12-23(9-8-22-6-4-3-5-7-22)16-30(25)40(31)20-24-10-11-24/h3-9,12-13,16-19,24,26,29,33H,10-11,14-15,20-21,37H2,1-2H3/b9-8+/t26-,29-,33+/m1/s1. The van der Waals surface area contributed by atoms with E-state index in [0.717, 1.165) is 48.5 Å². The van der Waals surface area contributed by atoms with Gasteiger partial charge in [0.05, 0.1) is 18.3 Å². The summed E-state index contributed by atoms with van der Waals surface area (Å²) in [4.78, 5) is 20.8. The predicted molar refractivity (Wildman–Crippen MR) is 172 cm³/mol. The van der Waals surface area contributed by atoms with Crippen LogP contribution in [0.4, 0.5) is 0 Å².